The normalized spacial score (nSPS) is 16.7. The van der Waals surface area contributed by atoms with Gasteiger partial charge in [0.05, 0.1) is 13.2 Å². The van der Waals surface area contributed by atoms with E-state index < -0.39 is 0 Å². The summed E-state index contributed by atoms with van der Waals surface area (Å²) >= 11 is 0. The largest absolute Gasteiger partial charge is 0.379 e. The van der Waals surface area contributed by atoms with Gasteiger partial charge in [-0.25, -0.2) is 0 Å². The van der Waals surface area contributed by atoms with E-state index in [1.807, 2.05) is 0 Å². The molecule has 0 aromatic heterocycles. The maximum absolute atomic E-state index is 5.42. The first-order valence-electron chi connectivity index (χ1n) is 9.44. The van der Waals surface area contributed by atoms with Gasteiger partial charge in [0.1, 0.15) is 0 Å². The number of rotatable bonds is 7. The summed E-state index contributed by atoms with van der Waals surface area (Å²) in [4.78, 5) is 9.57. The van der Waals surface area contributed by atoms with Crippen LogP contribution in [0.3, 0.4) is 0 Å². The highest BCUT2D eigenvalue weighted by molar-refractivity contribution is 14.0. The van der Waals surface area contributed by atoms with Gasteiger partial charge in [-0.15, -0.1) is 24.0 Å². The summed E-state index contributed by atoms with van der Waals surface area (Å²) in [6.45, 7) is 14.1. The highest BCUT2D eigenvalue weighted by atomic mass is 127. The molecule has 0 aliphatic carbocycles. The lowest BCUT2D eigenvalue weighted by atomic mass is 10.1. The third kappa shape index (κ3) is 7.80. The van der Waals surface area contributed by atoms with Crippen LogP contribution >= 0.6 is 24.0 Å². The molecule has 1 N–H and O–H groups in total. The molecule has 6 heteroatoms. The van der Waals surface area contributed by atoms with Crippen molar-refractivity contribution in [1.29, 1.82) is 0 Å². The highest BCUT2D eigenvalue weighted by Crippen LogP contribution is 2.10. The van der Waals surface area contributed by atoms with Gasteiger partial charge in [-0.2, -0.15) is 0 Å². The van der Waals surface area contributed by atoms with Gasteiger partial charge in [0.25, 0.3) is 0 Å². The highest BCUT2D eigenvalue weighted by Gasteiger charge is 2.14. The molecule has 1 heterocycles. The van der Waals surface area contributed by atoms with Crippen LogP contribution in [0, 0.1) is 12.8 Å². The first kappa shape index (κ1) is 23.2. The number of aliphatic imine (C=N–C) groups is 1. The number of hydrogen-bond donors (Lipinski definition) is 1. The van der Waals surface area contributed by atoms with Crippen molar-refractivity contribution in [2.24, 2.45) is 10.9 Å². The van der Waals surface area contributed by atoms with Crippen molar-refractivity contribution in [2.45, 2.75) is 27.3 Å². The molecule has 1 fully saturated rings. The van der Waals surface area contributed by atoms with E-state index in [9.17, 15) is 0 Å². The molecule has 1 aromatic rings. The van der Waals surface area contributed by atoms with Crippen LogP contribution in [0.1, 0.15) is 25.0 Å². The molecule has 0 radical (unpaired) electrons. The minimum Gasteiger partial charge on any atom is -0.379 e. The monoisotopic (exact) mass is 474 g/mol. The Balaban J connectivity index is 0.00000338. The van der Waals surface area contributed by atoms with Gasteiger partial charge in [-0.1, -0.05) is 31.2 Å². The Morgan fingerprint density at radius 3 is 2.65 bits per heavy atom. The predicted octanol–water partition coefficient (Wildman–Crippen LogP) is 2.98. The summed E-state index contributed by atoms with van der Waals surface area (Å²) in [5, 5.41) is 3.42. The zero-order valence-corrected chi connectivity index (χ0v) is 19.0. The van der Waals surface area contributed by atoms with Gasteiger partial charge in [-0.05, 0) is 30.9 Å². The van der Waals surface area contributed by atoms with E-state index in [0.717, 1.165) is 58.4 Å². The van der Waals surface area contributed by atoms with E-state index in [2.05, 4.69) is 67.2 Å². The first-order chi connectivity index (χ1) is 12.1. The Morgan fingerprint density at radius 1 is 1.31 bits per heavy atom. The van der Waals surface area contributed by atoms with Gasteiger partial charge in [0, 0.05) is 46.3 Å². The van der Waals surface area contributed by atoms with Crippen molar-refractivity contribution >= 4 is 29.9 Å². The summed E-state index contributed by atoms with van der Waals surface area (Å²) in [6.07, 6.45) is 0. The summed E-state index contributed by atoms with van der Waals surface area (Å²) in [7, 11) is 2.11. The van der Waals surface area contributed by atoms with Gasteiger partial charge < -0.3 is 15.0 Å². The molecule has 1 atom stereocenters. The second-order valence-electron chi connectivity index (χ2n) is 7.00. The number of halogens is 1. The summed E-state index contributed by atoms with van der Waals surface area (Å²) in [5.41, 5.74) is 2.67. The summed E-state index contributed by atoms with van der Waals surface area (Å²) < 4.78 is 5.42. The average Bonchev–Trinajstić information content (AvgIpc) is 2.61. The number of morpholine rings is 1. The first-order valence-corrected chi connectivity index (χ1v) is 9.44. The quantitative estimate of drug-likeness (QED) is 0.375. The molecule has 1 aromatic carbocycles. The molecule has 1 unspecified atom stereocenters. The lowest BCUT2D eigenvalue weighted by Gasteiger charge is -2.29. The minimum atomic E-state index is 0. The minimum absolute atomic E-state index is 0. The van der Waals surface area contributed by atoms with Crippen LogP contribution in [0.4, 0.5) is 0 Å². The smallest absolute Gasteiger partial charge is 0.193 e. The van der Waals surface area contributed by atoms with Crippen molar-refractivity contribution in [1.82, 2.24) is 15.1 Å². The van der Waals surface area contributed by atoms with Crippen LogP contribution in [0.15, 0.2) is 29.3 Å². The van der Waals surface area contributed by atoms with E-state index in [1.165, 1.54) is 11.1 Å². The van der Waals surface area contributed by atoms with E-state index in [-0.39, 0.29) is 24.0 Å². The van der Waals surface area contributed by atoms with Crippen molar-refractivity contribution < 1.29 is 4.74 Å². The van der Waals surface area contributed by atoms with Crippen LogP contribution in [0.25, 0.3) is 0 Å². The third-order valence-corrected chi connectivity index (χ3v) is 4.59. The molecule has 0 bridgehead atoms. The predicted molar refractivity (Wildman–Crippen MR) is 120 cm³/mol. The second kappa shape index (κ2) is 12.5. The molecule has 5 nitrogen and oxygen atoms in total. The zero-order valence-electron chi connectivity index (χ0n) is 16.7. The number of benzene rings is 1. The zero-order chi connectivity index (χ0) is 18.1. The van der Waals surface area contributed by atoms with Crippen molar-refractivity contribution in [3.8, 4) is 0 Å². The van der Waals surface area contributed by atoms with Gasteiger partial charge in [-0.3, -0.25) is 9.89 Å². The number of nitrogens with one attached hydrogen (secondary N) is 1. The van der Waals surface area contributed by atoms with Gasteiger partial charge in [0.15, 0.2) is 5.96 Å². The third-order valence-electron chi connectivity index (χ3n) is 4.59. The van der Waals surface area contributed by atoms with Crippen molar-refractivity contribution in [3.63, 3.8) is 0 Å². The molecule has 1 aliphatic rings. The van der Waals surface area contributed by atoms with Crippen LogP contribution < -0.4 is 5.32 Å². The van der Waals surface area contributed by atoms with E-state index in [4.69, 9.17) is 9.73 Å². The van der Waals surface area contributed by atoms with Crippen molar-refractivity contribution in [2.75, 3.05) is 53.0 Å². The lowest BCUT2D eigenvalue weighted by molar-refractivity contribution is 0.0323. The van der Waals surface area contributed by atoms with Crippen LogP contribution in [0.2, 0.25) is 0 Å². The molecule has 1 saturated heterocycles. The molecule has 148 valence electrons. The fourth-order valence-corrected chi connectivity index (χ4v) is 3.11. The summed E-state index contributed by atoms with van der Waals surface area (Å²) in [5.74, 6) is 1.53. The Morgan fingerprint density at radius 2 is 2.00 bits per heavy atom. The van der Waals surface area contributed by atoms with Crippen molar-refractivity contribution in [3.05, 3.63) is 35.4 Å². The molecule has 0 amide bonds. The molecular weight excluding hydrogens is 439 g/mol. The molecular formula is C20H35IN4O. The van der Waals surface area contributed by atoms with E-state index >= 15 is 0 Å². The Bertz CT molecular complexity index is 546. The van der Waals surface area contributed by atoms with Crippen LogP contribution in [0.5, 0.6) is 0 Å². The Labute approximate surface area is 176 Å². The standard InChI is InChI=1S/C20H34N4O.HI/c1-5-21-20(23(4)16-19-9-7-6-8-18(19)3)22-14-17(2)15-24-10-12-25-13-11-24;/h6-9,17H,5,10-16H2,1-4H3,(H,21,22);1H. The Hall–Kier alpha value is -0.860. The SMILES string of the molecule is CCNC(=NCC(C)CN1CCOCC1)N(C)Cc1ccccc1C.I. The fraction of sp³-hybridized carbons (Fsp3) is 0.650. The van der Waals surface area contributed by atoms with E-state index in [1.54, 1.807) is 0 Å². The van der Waals surface area contributed by atoms with Gasteiger partial charge >= 0.3 is 0 Å². The number of guanidine groups is 1. The maximum Gasteiger partial charge on any atom is 0.193 e. The Kier molecular flexibility index (Phi) is 11.2. The molecule has 0 saturated carbocycles. The topological polar surface area (TPSA) is 40.1 Å². The maximum atomic E-state index is 5.42. The molecule has 1 aliphatic heterocycles. The molecule has 2 rings (SSSR count). The molecule has 26 heavy (non-hydrogen) atoms. The number of nitrogens with zero attached hydrogens (tertiary/aromatic N) is 3. The fourth-order valence-electron chi connectivity index (χ4n) is 3.11. The lowest BCUT2D eigenvalue weighted by Crippen LogP contribution is -2.41. The van der Waals surface area contributed by atoms with Crippen LogP contribution in [-0.2, 0) is 11.3 Å². The van der Waals surface area contributed by atoms with E-state index in [0.29, 0.717) is 5.92 Å². The number of ether oxygens (including phenoxy) is 1. The number of hydrogen-bond acceptors (Lipinski definition) is 3. The average molecular weight is 474 g/mol. The molecule has 0 spiro atoms. The van der Waals surface area contributed by atoms with Gasteiger partial charge in [0.2, 0.25) is 0 Å². The summed E-state index contributed by atoms with van der Waals surface area (Å²) in [6, 6.07) is 8.55. The number of aryl methyl sites for hydroxylation is 1. The van der Waals surface area contributed by atoms with Crippen LogP contribution in [-0.4, -0.2) is 68.7 Å². The second-order valence-corrected chi connectivity index (χ2v) is 7.00.